The summed E-state index contributed by atoms with van der Waals surface area (Å²) in [6, 6.07) is 8.25. The van der Waals surface area contributed by atoms with Gasteiger partial charge in [-0.15, -0.1) is 0 Å². The van der Waals surface area contributed by atoms with Crippen LogP contribution in [0.1, 0.15) is 36.2 Å². The summed E-state index contributed by atoms with van der Waals surface area (Å²) in [5, 5.41) is 18.6. The molecule has 2 aromatic rings. The molecule has 0 aliphatic carbocycles. The predicted octanol–water partition coefficient (Wildman–Crippen LogP) is 2.02. The summed E-state index contributed by atoms with van der Waals surface area (Å²) < 4.78 is 0. The van der Waals surface area contributed by atoms with Crippen molar-refractivity contribution in [2.24, 2.45) is 4.99 Å². The molecule has 116 valence electrons. The molecule has 0 amide bonds. The highest BCUT2D eigenvalue weighted by atomic mass is 16.3. The minimum absolute atomic E-state index is 0.0238. The van der Waals surface area contributed by atoms with E-state index in [0.717, 1.165) is 29.2 Å². The monoisotopic (exact) mass is 299 g/mol. The lowest BCUT2D eigenvalue weighted by molar-refractivity contribution is 0.169. The first-order valence-electron chi connectivity index (χ1n) is 7.44. The number of fused-ring (bicyclic) bond motifs is 1. The number of aromatic amines is 1. The predicted molar refractivity (Wildman–Crippen MR) is 85.7 cm³/mol. The highest BCUT2D eigenvalue weighted by molar-refractivity contribution is 6.02. The van der Waals surface area contributed by atoms with Crippen molar-refractivity contribution < 1.29 is 5.11 Å². The van der Waals surface area contributed by atoms with Crippen LogP contribution in [-0.2, 0) is 13.2 Å². The molecule has 1 aliphatic rings. The average molecular weight is 299 g/mol. The maximum atomic E-state index is 9.37. The van der Waals surface area contributed by atoms with Crippen molar-refractivity contribution in [3.8, 4) is 0 Å². The molecule has 2 heterocycles. The highest BCUT2D eigenvalue weighted by Gasteiger charge is 2.23. The molecule has 0 saturated heterocycles. The lowest BCUT2D eigenvalue weighted by atomic mass is 10.0. The number of hydrogen-bond acceptors (Lipinski definition) is 4. The maximum absolute atomic E-state index is 9.37. The summed E-state index contributed by atoms with van der Waals surface area (Å²) in [7, 11) is 0. The summed E-state index contributed by atoms with van der Waals surface area (Å²) in [6.07, 6.45) is 0. The zero-order chi connectivity index (χ0) is 15.7. The number of aromatic nitrogens is 2. The van der Waals surface area contributed by atoms with Crippen LogP contribution >= 0.6 is 0 Å². The molecule has 6 heteroatoms. The van der Waals surface area contributed by atoms with Crippen LogP contribution in [0.2, 0.25) is 0 Å². The Morgan fingerprint density at radius 1 is 1.36 bits per heavy atom. The molecule has 0 radical (unpaired) electrons. The van der Waals surface area contributed by atoms with E-state index in [2.05, 4.69) is 45.5 Å². The topological polar surface area (TPSA) is 76.5 Å². The van der Waals surface area contributed by atoms with Gasteiger partial charge in [0.2, 0.25) is 0 Å². The number of aryl methyl sites for hydroxylation is 1. The molecule has 0 fully saturated rings. The molecule has 0 spiro atoms. The van der Waals surface area contributed by atoms with Crippen molar-refractivity contribution in [2.45, 2.75) is 40.0 Å². The summed E-state index contributed by atoms with van der Waals surface area (Å²) in [4.78, 5) is 4.63. The van der Waals surface area contributed by atoms with Crippen molar-refractivity contribution in [1.29, 1.82) is 0 Å². The third-order valence-electron chi connectivity index (χ3n) is 3.74. The number of benzene rings is 1. The average Bonchev–Trinajstić information content (AvgIpc) is 2.91. The number of hydrazine groups is 1. The molecule has 1 aliphatic heterocycles. The van der Waals surface area contributed by atoms with E-state index in [-0.39, 0.29) is 6.61 Å². The Bertz CT molecular complexity index is 704. The lowest BCUT2D eigenvalue weighted by Crippen LogP contribution is -2.49. The van der Waals surface area contributed by atoms with Gasteiger partial charge in [0.25, 0.3) is 0 Å². The van der Waals surface area contributed by atoms with Crippen LogP contribution < -0.4 is 5.43 Å². The molecule has 1 aromatic heterocycles. The van der Waals surface area contributed by atoms with E-state index in [9.17, 15) is 5.11 Å². The Morgan fingerprint density at radius 2 is 2.18 bits per heavy atom. The lowest BCUT2D eigenvalue weighted by Gasteiger charge is -2.34. The third kappa shape index (κ3) is 2.88. The molecular weight excluding hydrogens is 278 g/mol. The van der Waals surface area contributed by atoms with Crippen molar-refractivity contribution in [3.63, 3.8) is 0 Å². The van der Waals surface area contributed by atoms with Gasteiger partial charge in [-0.2, -0.15) is 5.10 Å². The van der Waals surface area contributed by atoms with E-state index in [4.69, 9.17) is 0 Å². The second kappa shape index (κ2) is 5.90. The number of aliphatic hydroxyl groups excluding tert-OH is 1. The Morgan fingerprint density at radius 3 is 2.82 bits per heavy atom. The molecule has 0 bridgehead atoms. The van der Waals surface area contributed by atoms with E-state index in [1.165, 1.54) is 5.56 Å². The van der Waals surface area contributed by atoms with E-state index in [0.29, 0.717) is 11.9 Å². The minimum Gasteiger partial charge on any atom is -0.392 e. The first-order valence-corrected chi connectivity index (χ1v) is 7.44. The van der Waals surface area contributed by atoms with Gasteiger partial charge >= 0.3 is 0 Å². The fourth-order valence-electron chi connectivity index (χ4n) is 2.47. The van der Waals surface area contributed by atoms with E-state index in [1.807, 2.05) is 25.1 Å². The second-order valence-corrected chi connectivity index (χ2v) is 5.85. The molecule has 6 nitrogen and oxygen atoms in total. The normalized spacial score (nSPS) is 16.9. The highest BCUT2D eigenvalue weighted by Crippen LogP contribution is 2.22. The number of amidine groups is 1. The van der Waals surface area contributed by atoms with Gasteiger partial charge in [0.1, 0.15) is 0 Å². The van der Waals surface area contributed by atoms with Gasteiger partial charge in [-0.05, 0) is 38.0 Å². The molecule has 0 unspecified atom stereocenters. The molecule has 3 rings (SSSR count). The SMILES string of the molecule is Cc1cc(N=C2NN(C(C)C)Cc3ccc(CO)cc32)n[nH]1. The van der Waals surface area contributed by atoms with Gasteiger partial charge in [-0.3, -0.25) is 5.10 Å². The van der Waals surface area contributed by atoms with Crippen molar-refractivity contribution >= 4 is 11.7 Å². The number of hydrogen-bond donors (Lipinski definition) is 3. The zero-order valence-corrected chi connectivity index (χ0v) is 13.1. The number of aliphatic hydroxyl groups is 1. The number of aliphatic imine (C=N–C) groups is 1. The smallest absolute Gasteiger partial charge is 0.175 e. The first-order chi connectivity index (χ1) is 10.6. The Balaban J connectivity index is 2.05. The Labute approximate surface area is 129 Å². The number of H-pyrrole nitrogens is 1. The minimum atomic E-state index is 0.0238. The number of nitrogens with zero attached hydrogens (tertiary/aromatic N) is 3. The third-order valence-corrected chi connectivity index (χ3v) is 3.74. The van der Waals surface area contributed by atoms with Gasteiger partial charge in [-0.25, -0.2) is 10.0 Å². The number of rotatable bonds is 3. The van der Waals surface area contributed by atoms with E-state index < -0.39 is 0 Å². The number of nitrogens with one attached hydrogen (secondary N) is 2. The van der Waals surface area contributed by atoms with Gasteiger partial charge < -0.3 is 10.5 Å². The van der Waals surface area contributed by atoms with Crippen LogP contribution in [-0.4, -0.2) is 32.2 Å². The van der Waals surface area contributed by atoms with E-state index >= 15 is 0 Å². The van der Waals surface area contributed by atoms with Crippen molar-refractivity contribution in [3.05, 3.63) is 46.6 Å². The van der Waals surface area contributed by atoms with Gasteiger partial charge in [0.15, 0.2) is 11.7 Å². The quantitative estimate of drug-likeness (QED) is 0.810. The van der Waals surface area contributed by atoms with Crippen molar-refractivity contribution in [1.82, 2.24) is 20.6 Å². The molecule has 0 atom stereocenters. The first kappa shape index (κ1) is 14.7. The van der Waals surface area contributed by atoms with Crippen molar-refractivity contribution in [2.75, 3.05) is 0 Å². The summed E-state index contributed by atoms with van der Waals surface area (Å²) in [5.41, 5.74) is 7.43. The van der Waals surface area contributed by atoms with Gasteiger partial charge in [-0.1, -0.05) is 12.1 Å². The standard InChI is InChI=1S/C16H21N5O/c1-10(2)21-8-13-5-4-12(9-22)7-14(13)16(20-21)17-15-6-11(3)18-19-15/h4-7,10,22H,8-9H2,1-3H3,(H2,17,18,19,20). The molecular formula is C16H21N5O. The Kier molecular flexibility index (Phi) is 3.96. The van der Waals surface area contributed by atoms with Gasteiger partial charge in [0.05, 0.1) is 6.61 Å². The van der Waals surface area contributed by atoms with Crippen LogP contribution in [0.25, 0.3) is 0 Å². The van der Waals surface area contributed by atoms with Crippen LogP contribution in [0.5, 0.6) is 0 Å². The summed E-state index contributed by atoms with van der Waals surface area (Å²) >= 11 is 0. The molecule has 22 heavy (non-hydrogen) atoms. The summed E-state index contributed by atoms with van der Waals surface area (Å²) in [6.45, 7) is 7.04. The van der Waals surface area contributed by atoms with Crippen LogP contribution in [0.4, 0.5) is 5.82 Å². The Hall–Kier alpha value is -2.18. The molecule has 3 N–H and O–H groups in total. The zero-order valence-electron chi connectivity index (χ0n) is 13.1. The fourth-order valence-corrected chi connectivity index (χ4v) is 2.47. The fraction of sp³-hybridized carbons (Fsp3) is 0.375. The van der Waals surface area contributed by atoms with Crippen LogP contribution in [0.15, 0.2) is 29.3 Å². The summed E-state index contributed by atoms with van der Waals surface area (Å²) in [5.74, 6) is 1.41. The maximum Gasteiger partial charge on any atom is 0.175 e. The largest absolute Gasteiger partial charge is 0.392 e. The van der Waals surface area contributed by atoms with Crippen LogP contribution in [0.3, 0.4) is 0 Å². The van der Waals surface area contributed by atoms with E-state index in [1.54, 1.807) is 0 Å². The van der Waals surface area contributed by atoms with Gasteiger partial charge in [0, 0.05) is 29.9 Å². The van der Waals surface area contributed by atoms with Crippen LogP contribution in [0, 0.1) is 6.92 Å². The molecule has 1 aromatic carbocycles. The second-order valence-electron chi connectivity index (χ2n) is 5.85. The molecule has 0 saturated carbocycles.